The van der Waals surface area contributed by atoms with E-state index < -0.39 is 6.09 Å². The second-order valence-electron chi connectivity index (χ2n) is 8.75. The summed E-state index contributed by atoms with van der Waals surface area (Å²) in [5, 5.41) is 12.5. The zero-order valence-electron chi connectivity index (χ0n) is 17.7. The molecule has 2 aromatic carbocycles. The molecule has 0 bridgehead atoms. The normalized spacial score (nSPS) is 20.6. The van der Waals surface area contributed by atoms with Gasteiger partial charge >= 0.3 is 6.09 Å². The maximum Gasteiger partial charge on any atom is 0.409 e. The molecule has 0 aromatic heterocycles. The molecule has 1 aliphatic carbocycles. The summed E-state index contributed by atoms with van der Waals surface area (Å²) in [4.78, 5) is 23.6. The van der Waals surface area contributed by atoms with E-state index in [0.29, 0.717) is 21.9 Å². The average molecular weight is 442 g/mol. The Kier molecular flexibility index (Phi) is 5.88. The van der Waals surface area contributed by atoms with Gasteiger partial charge in [-0.15, -0.1) is 0 Å². The van der Waals surface area contributed by atoms with Gasteiger partial charge in [-0.3, -0.25) is 4.79 Å². The van der Waals surface area contributed by atoms with Gasteiger partial charge in [0.25, 0.3) is 5.91 Å². The Hall–Kier alpha value is -3.24. The van der Waals surface area contributed by atoms with E-state index in [-0.39, 0.29) is 34.6 Å². The molecular weight excluding hydrogens is 418 g/mol. The number of carbonyl (C=O) groups is 2. The number of nitrogens with two attached hydrogens (primary N) is 1. The quantitative estimate of drug-likeness (QED) is 0.718. The number of hydrogen-bond acceptors (Lipinski definition) is 5. The topological polar surface area (TPSA) is 114 Å². The number of nitriles is 1. The Labute approximate surface area is 186 Å². The summed E-state index contributed by atoms with van der Waals surface area (Å²) in [6.45, 7) is 8.12. The van der Waals surface area contributed by atoms with Crippen LogP contribution in [0.1, 0.15) is 43.6 Å². The Morgan fingerprint density at radius 1 is 1.06 bits per heavy atom. The maximum absolute atomic E-state index is 12.8. The van der Waals surface area contributed by atoms with E-state index in [1.807, 2.05) is 33.8 Å². The van der Waals surface area contributed by atoms with Crippen molar-refractivity contribution in [3.05, 3.63) is 58.6 Å². The summed E-state index contributed by atoms with van der Waals surface area (Å²) < 4.78 is 11.0. The zero-order valence-corrected chi connectivity index (χ0v) is 18.5. The molecule has 0 saturated heterocycles. The van der Waals surface area contributed by atoms with Crippen molar-refractivity contribution in [3.63, 3.8) is 0 Å². The molecule has 0 heterocycles. The highest BCUT2D eigenvalue weighted by Gasteiger charge is 2.64. The molecule has 0 spiro atoms. The molecule has 2 aromatic rings. The molecule has 0 aliphatic heterocycles. The molecule has 1 aliphatic rings. The predicted molar refractivity (Wildman–Crippen MR) is 116 cm³/mol. The first-order chi connectivity index (χ1) is 14.5. The van der Waals surface area contributed by atoms with Crippen molar-refractivity contribution in [2.75, 3.05) is 0 Å². The summed E-state index contributed by atoms with van der Waals surface area (Å²) in [5.41, 5.74) is 5.08. The van der Waals surface area contributed by atoms with Crippen LogP contribution in [-0.2, 0) is 0 Å². The van der Waals surface area contributed by atoms with E-state index in [1.54, 1.807) is 30.3 Å². The second kappa shape index (κ2) is 8.12. The molecule has 31 heavy (non-hydrogen) atoms. The largest absolute Gasteiger partial charge is 0.489 e. The Balaban J connectivity index is 1.72. The molecule has 3 rings (SSSR count). The number of nitrogens with one attached hydrogen (secondary N) is 1. The van der Waals surface area contributed by atoms with Crippen LogP contribution in [0.3, 0.4) is 0 Å². The zero-order chi connectivity index (χ0) is 23.0. The lowest BCUT2D eigenvalue weighted by Gasteiger charge is -2.63. The van der Waals surface area contributed by atoms with Gasteiger partial charge in [0.15, 0.2) is 0 Å². The molecule has 3 N–H and O–H groups in total. The lowest BCUT2D eigenvalue weighted by molar-refractivity contribution is -0.164. The fourth-order valence-electron chi connectivity index (χ4n) is 4.60. The predicted octanol–water partition coefficient (Wildman–Crippen LogP) is 4.28. The lowest BCUT2D eigenvalue weighted by atomic mass is 9.49. The number of nitrogens with zero attached hydrogens (tertiary/aromatic N) is 1. The average Bonchev–Trinajstić information content (AvgIpc) is 2.70. The number of ether oxygens (including phenoxy) is 2. The summed E-state index contributed by atoms with van der Waals surface area (Å²) >= 11 is 6.13. The van der Waals surface area contributed by atoms with E-state index in [2.05, 4.69) is 5.32 Å². The van der Waals surface area contributed by atoms with Crippen molar-refractivity contribution in [2.45, 2.75) is 39.8 Å². The number of halogens is 1. The van der Waals surface area contributed by atoms with Crippen LogP contribution in [0.5, 0.6) is 11.5 Å². The minimum atomic E-state index is -0.912. The first-order valence-corrected chi connectivity index (χ1v) is 10.1. The molecular formula is C23H24ClN3O4. The van der Waals surface area contributed by atoms with Gasteiger partial charge in [0.1, 0.15) is 23.7 Å². The highest BCUT2D eigenvalue weighted by Crippen LogP contribution is 2.55. The van der Waals surface area contributed by atoms with E-state index in [0.717, 1.165) is 0 Å². The smallest absolute Gasteiger partial charge is 0.409 e. The van der Waals surface area contributed by atoms with E-state index >= 15 is 0 Å². The van der Waals surface area contributed by atoms with Gasteiger partial charge in [-0.05, 0) is 36.4 Å². The van der Waals surface area contributed by atoms with Gasteiger partial charge in [-0.2, -0.15) is 5.26 Å². The van der Waals surface area contributed by atoms with Crippen molar-refractivity contribution in [1.29, 1.82) is 5.26 Å². The molecule has 7 nitrogen and oxygen atoms in total. The molecule has 8 heteroatoms. The number of rotatable bonds is 5. The van der Waals surface area contributed by atoms with Crippen LogP contribution in [0.25, 0.3) is 0 Å². The molecule has 0 radical (unpaired) electrons. The van der Waals surface area contributed by atoms with Crippen LogP contribution in [0, 0.1) is 22.2 Å². The minimum absolute atomic E-state index is 0.159. The van der Waals surface area contributed by atoms with Crippen LogP contribution in [0.2, 0.25) is 5.02 Å². The third-order valence-corrected chi connectivity index (χ3v) is 6.08. The number of primary amides is 1. The van der Waals surface area contributed by atoms with Gasteiger partial charge in [0.2, 0.25) is 0 Å². The number of benzene rings is 2. The molecule has 162 valence electrons. The minimum Gasteiger partial charge on any atom is -0.489 e. The van der Waals surface area contributed by atoms with E-state index in [9.17, 15) is 9.59 Å². The number of hydrogen-bond donors (Lipinski definition) is 2. The van der Waals surface area contributed by atoms with E-state index in [1.165, 1.54) is 12.1 Å². The first kappa shape index (κ1) is 22.4. The van der Waals surface area contributed by atoms with Crippen LogP contribution >= 0.6 is 11.6 Å². The molecule has 2 amide bonds. The van der Waals surface area contributed by atoms with E-state index in [4.69, 9.17) is 32.1 Å². The van der Waals surface area contributed by atoms with Crippen LogP contribution in [-0.4, -0.2) is 24.1 Å². The Morgan fingerprint density at radius 3 is 2.16 bits per heavy atom. The van der Waals surface area contributed by atoms with Gasteiger partial charge < -0.3 is 20.5 Å². The highest BCUT2D eigenvalue weighted by atomic mass is 35.5. The third-order valence-electron chi connectivity index (χ3n) is 5.76. The van der Waals surface area contributed by atoms with Gasteiger partial charge in [-0.25, -0.2) is 4.79 Å². The number of amides is 2. The standard InChI is InChI=1S/C23H24ClN3O4/c1-22(2)19(27-18(28)13-5-8-15(9-6-13)31-21(26)29)23(3,4)20(22)30-16-10-7-14(12-25)17(24)11-16/h5-11,19-20H,1-4H3,(H2,26,29)(H,27,28). The third kappa shape index (κ3) is 4.30. The monoisotopic (exact) mass is 441 g/mol. The molecule has 0 unspecified atom stereocenters. The van der Waals surface area contributed by atoms with Crippen LogP contribution in [0.4, 0.5) is 4.79 Å². The van der Waals surface area contributed by atoms with Crippen molar-refractivity contribution in [3.8, 4) is 17.6 Å². The fraction of sp³-hybridized carbons (Fsp3) is 0.348. The Morgan fingerprint density at radius 2 is 1.65 bits per heavy atom. The summed E-state index contributed by atoms with van der Waals surface area (Å²) in [6.07, 6.45) is -1.11. The second-order valence-corrected chi connectivity index (χ2v) is 9.15. The van der Waals surface area contributed by atoms with Gasteiger partial charge in [0.05, 0.1) is 10.6 Å². The van der Waals surface area contributed by atoms with Crippen molar-refractivity contribution >= 4 is 23.6 Å². The maximum atomic E-state index is 12.8. The van der Waals surface area contributed by atoms with Crippen molar-refractivity contribution < 1.29 is 19.1 Å². The number of carbonyl (C=O) groups excluding carboxylic acids is 2. The molecule has 0 atom stereocenters. The summed E-state index contributed by atoms with van der Waals surface area (Å²) in [5.74, 6) is 0.601. The fourth-order valence-corrected chi connectivity index (χ4v) is 4.81. The van der Waals surface area contributed by atoms with Crippen LogP contribution in [0.15, 0.2) is 42.5 Å². The summed E-state index contributed by atoms with van der Waals surface area (Å²) in [6, 6.07) is 13.0. The summed E-state index contributed by atoms with van der Waals surface area (Å²) in [7, 11) is 0. The Bertz CT molecular complexity index is 1040. The lowest BCUT2D eigenvalue weighted by Crippen LogP contribution is -2.74. The first-order valence-electron chi connectivity index (χ1n) is 9.71. The molecule has 1 fully saturated rings. The molecule has 1 saturated carbocycles. The van der Waals surface area contributed by atoms with Gasteiger partial charge in [-0.1, -0.05) is 39.3 Å². The highest BCUT2D eigenvalue weighted by molar-refractivity contribution is 6.31. The van der Waals surface area contributed by atoms with Crippen molar-refractivity contribution in [2.24, 2.45) is 16.6 Å². The van der Waals surface area contributed by atoms with Crippen LogP contribution < -0.4 is 20.5 Å². The van der Waals surface area contributed by atoms with Crippen molar-refractivity contribution in [1.82, 2.24) is 5.32 Å². The van der Waals surface area contributed by atoms with Gasteiger partial charge in [0, 0.05) is 28.5 Å². The SMILES string of the molecule is CC1(C)C(NC(=O)c2ccc(OC(N)=O)cc2)C(C)(C)C1Oc1ccc(C#N)c(Cl)c1.